The maximum atomic E-state index is 4.10. The second-order valence-corrected chi connectivity index (χ2v) is 15.9. The summed E-state index contributed by atoms with van der Waals surface area (Å²) in [5.74, 6) is 0. The number of benzene rings is 5. The standard InChI is InChI=1S/C53H64N2/c1-7-11-13-15-17-19-34-53(35-20-18-16-14-12-8-2)51-39-45(54(6)44-27-22-25-42(9-3)37-44)30-32-49(51)50-33-31-48(40-52(50)53)55(46-28-21-24-41(5)36-46)47-29-23-26-43(10-4)38-47/h9-10,21-33,36-40H,3-4,7-8,11-20,34-35H2,1-2,5-6H3. The monoisotopic (exact) mass is 729 g/mol. The summed E-state index contributed by atoms with van der Waals surface area (Å²) in [7, 11) is 2.21. The number of anilines is 5. The average molecular weight is 729 g/mol. The molecule has 286 valence electrons. The molecular weight excluding hydrogens is 665 g/mol. The van der Waals surface area contributed by atoms with E-state index < -0.39 is 0 Å². The average Bonchev–Trinajstić information content (AvgIpc) is 3.48. The van der Waals surface area contributed by atoms with Gasteiger partial charge in [0.2, 0.25) is 0 Å². The third-order valence-corrected chi connectivity index (χ3v) is 12.0. The topological polar surface area (TPSA) is 6.48 Å². The quantitative estimate of drug-likeness (QED) is 0.0694. The van der Waals surface area contributed by atoms with Gasteiger partial charge in [-0.15, -0.1) is 0 Å². The van der Waals surface area contributed by atoms with Crippen LogP contribution >= 0.6 is 0 Å². The molecule has 5 aromatic carbocycles. The molecule has 5 aromatic rings. The summed E-state index contributed by atoms with van der Waals surface area (Å²) < 4.78 is 0. The molecule has 0 aliphatic heterocycles. The van der Waals surface area contributed by atoms with Crippen LogP contribution in [0.2, 0.25) is 0 Å². The van der Waals surface area contributed by atoms with Gasteiger partial charge in [-0.25, -0.2) is 0 Å². The summed E-state index contributed by atoms with van der Waals surface area (Å²) in [5, 5.41) is 0. The van der Waals surface area contributed by atoms with Crippen LogP contribution in [0.3, 0.4) is 0 Å². The normalized spacial score (nSPS) is 12.6. The Labute approximate surface area is 333 Å². The molecule has 0 unspecified atom stereocenters. The van der Waals surface area contributed by atoms with Gasteiger partial charge in [-0.3, -0.25) is 0 Å². The molecule has 1 aliphatic rings. The Morgan fingerprint density at radius 2 is 0.927 bits per heavy atom. The molecule has 0 bridgehead atoms. The molecule has 0 radical (unpaired) electrons. The molecule has 2 heteroatoms. The van der Waals surface area contributed by atoms with Gasteiger partial charge >= 0.3 is 0 Å². The lowest BCUT2D eigenvalue weighted by atomic mass is 9.70. The number of rotatable bonds is 21. The Bertz CT molecular complexity index is 2020. The summed E-state index contributed by atoms with van der Waals surface area (Å²) in [5.41, 5.74) is 15.3. The number of hydrogen-bond acceptors (Lipinski definition) is 2. The number of unbranched alkanes of at least 4 members (excludes halogenated alkanes) is 10. The van der Waals surface area contributed by atoms with Crippen LogP contribution in [0.15, 0.2) is 122 Å². The summed E-state index contributed by atoms with van der Waals surface area (Å²) in [6.45, 7) is 15.0. The molecule has 0 saturated carbocycles. The highest BCUT2D eigenvalue weighted by Crippen LogP contribution is 2.56. The predicted molar refractivity (Wildman–Crippen MR) is 243 cm³/mol. The predicted octanol–water partition coefficient (Wildman–Crippen LogP) is 16.3. The van der Waals surface area contributed by atoms with Gasteiger partial charge in [-0.2, -0.15) is 0 Å². The lowest BCUT2D eigenvalue weighted by Crippen LogP contribution is -2.26. The van der Waals surface area contributed by atoms with Crippen molar-refractivity contribution < 1.29 is 0 Å². The number of aryl methyl sites for hydroxylation is 1. The van der Waals surface area contributed by atoms with Crippen molar-refractivity contribution >= 4 is 40.6 Å². The van der Waals surface area contributed by atoms with Crippen molar-refractivity contribution in [3.05, 3.63) is 150 Å². The molecule has 0 aromatic heterocycles. The Morgan fingerprint density at radius 3 is 1.49 bits per heavy atom. The van der Waals surface area contributed by atoms with Crippen LogP contribution < -0.4 is 9.80 Å². The van der Waals surface area contributed by atoms with Crippen LogP contribution in [0.4, 0.5) is 28.4 Å². The third-order valence-electron chi connectivity index (χ3n) is 12.0. The molecule has 0 heterocycles. The fourth-order valence-corrected chi connectivity index (χ4v) is 8.91. The van der Waals surface area contributed by atoms with E-state index in [1.807, 2.05) is 12.2 Å². The maximum absolute atomic E-state index is 4.10. The minimum atomic E-state index is -0.0583. The van der Waals surface area contributed by atoms with Crippen molar-refractivity contribution in [2.45, 2.75) is 116 Å². The summed E-state index contributed by atoms with van der Waals surface area (Å²) in [4.78, 5) is 4.81. The summed E-state index contributed by atoms with van der Waals surface area (Å²) >= 11 is 0. The van der Waals surface area contributed by atoms with E-state index >= 15 is 0 Å². The fourth-order valence-electron chi connectivity index (χ4n) is 8.91. The summed E-state index contributed by atoms with van der Waals surface area (Å²) in [6.07, 6.45) is 21.9. The molecule has 6 rings (SSSR count). The second kappa shape index (κ2) is 19.2. The first-order chi connectivity index (χ1) is 26.9. The van der Waals surface area contributed by atoms with Crippen LogP contribution in [-0.4, -0.2) is 7.05 Å². The number of fused-ring (bicyclic) bond motifs is 3. The van der Waals surface area contributed by atoms with Crippen molar-refractivity contribution in [3.8, 4) is 11.1 Å². The minimum absolute atomic E-state index is 0.0583. The largest absolute Gasteiger partial charge is 0.345 e. The lowest BCUT2D eigenvalue weighted by molar-refractivity contribution is 0.398. The minimum Gasteiger partial charge on any atom is -0.345 e. The van der Waals surface area contributed by atoms with E-state index in [0.29, 0.717) is 0 Å². The zero-order valence-corrected chi connectivity index (χ0v) is 34.3. The van der Waals surface area contributed by atoms with Crippen molar-refractivity contribution in [1.82, 2.24) is 0 Å². The van der Waals surface area contributed by atoms with E-state index in [0.717, 1.165) is 16.8 Å². The Hall–Kier alpha value is -4.82. The van der Waals surface area contributed by atoms with E-state index in [-0.39, 0.29) is 5.41 Å². The maximum Gasteiger partial charge on any atom is 0.0467 e. The van der Waals surface area contributed by atoms with Gasteiger partial charge in [-0.1, -0.05) is 165 Å². The molecule has 0 N–H and O–H groups in total. The van der Waals surface area contributed by atoms with E-state index in [1.165, 1.54) is 140 Å². The van der Waals surface area contributed by atoms with Crippen LogP contribution in [0.1, 0.15) is 132 Å². The highest BCUT2D eigenvalue weighted by Gasteiger charge is 2.43. The van der Waals surface area contributed by atoms with Gasteiger partial charge in [-0.05, 0) is 119 Å². The van der Waals surface area contributed by atoms with Crippen LogP contribution in [0.5, 0.6) is 0 Å². The van der Waals surface area contributed by atoms with Crippen molar-refractivity contribution in [2.75, 3.05) is 16.8 Å². The van der Waals surface area contributed by atoms with Gasteiger partial charge in [0.25, 0.3) is 0 Å². The Balaban J connectivity index is 1.49. The number of hydrogen-bond donors (Lipinski definition) is 0. The molecule has 55 heavy (non-hydrogen) atoms. The molecule has 2 nitrogen and oxygen atoms in total. The first-order valence-electron chi connectivity index (χ1n) is 21.3. The van der Waals surface area contributed by atoms with E-state index in [4.69, 9.17) is 0 Å². The Kier molecular flexibility index (Phi) is 13.9. The fraction of sp³-hybridized carbons (Fsp3) is 0.358. The van der Waals surface area contributed by atoms with Gasteiger partial charge in [0.15, 0.2) is 0 Å². The van der Waals surface area contributed by atoms with Gasteiger partial charge < -0.3 is 9.80 Å². The molecule has 0 spiro atoms. The lowest BCUT2D eigenvalue weighted by Gasteiger charge is -2.35. The Morgan fingerprint density at radius 1 is 0.491 bits per heavy atom. The van der Waals surface area contributed by atoms with E-state index in [2.05, 4.69) is 160 Å². The highest BCUT2D eigenvalue weighted by molar-refractivity contribution is 5.87. The van der Waals surface area contributed by atoms with Crippen molar-refractivity contribution in [1.29, 1.82) is 0 Å². The van der Waals surface area contributed by atoms with Gasteiger partial charge in [0, 0.05) is 40.9 Å². The molecule has 0 saturated heterocycles. The molecule has 1 aliphatic carbocycles. The van der Waals surface area contributed by atoms with E-state index in [9.17, 15) is 0 Å². The van der Waals surface area contributed by atoms with Crippen LogP contribution in [0.25, 0.3) is 23.3 Å². The van der Waals surface area contributed by atoms with Gasteiger partial charge in [0.05, 0.1) is 0 Å². The molecule has 0 atom stereocenters. The SMILES string of the molecule is C=Cc1cccc(N(C)c2ccc3c(c2)C(CCCCCCCC)(CCCCCCCC)c2cc(N(c4cccc(C)c4)c4cccc(C=C)c4)ccc2-3)c1. The molecule has 0 fully saturated rings. The summed E-state index contributed by atoms with van der Waals surface area (Å²) in [6, 6.07) is 41.1. The first-order valence-corrected chi connectivity index (χ1v) is 21.3. The number of nitrogens with zero attached hydrogens (tertiary/aromatic N) is 2. The van der Waals surface area contributed by atoms with Crippen LogP contribution in [-0.2, 0) is 5.41 Å². The first kappa shape index (κ1) is 39.9. The van der Waals surface area contributed by atoms with Crippen molar-refractivity contribution in [3.63, 3.8) is 0 Å². The highest BCUT2D eigenvalue weighted by atomic mass is 15.1. The zero-order chi connectivity index (χ0) is 38.6. The van der Waals surface area contributed by atoms with Gasteiger partial charge in [0.1, 0.15) is 0 Å². The van der Waals surface area contributed by atoms with Crippen LogP contribution in [0, 0.1) is 6.92 Å². The molecular formula is C53H64N2. The third kappa shape index (κ3) is 9.18. The zero-order valence-electron chi connectivity index (χ0n) is 34.3. The van der Waals surface area contributed by atoms with Crippen molar-refractivity contribution in [2.24, 2.45) is 0 Å². The molecule has 0 amide bonds. The van der Waals surface area contributed by atoms with E-state index in [1.54, 1.807) is 0 Å². The second-order valence-electron chi connectivity index (χ2n) is 15.9. The smallest absolute Gasteiger partial charge is 0.0467 e.